The second kappa shape index (κ2) is 5.98. The van der Waals surface area contributed by atoms with Crippen LogP contribution in [0.3, 0.4) is 0 Å². The van der Waals surface area contributed by atoms with E-state index in [1.165, 1.54) is 0 Å². The maximum Gasteiger partial charge on any atom is 0.425 e. The van der Waals surface area contributed by atoms with E-state index in [0.29, 0.717) is 0 Å². The topological polar surface area (TPSA) is 18.5 Å². The lowest BCUT2D eigenvalue weighted by atomic mass is 9.80. The van der Waals surface area contributed by atoms with Crippen LogP contribution < -0.4 is 0 Å². The average Bonchev–Trinajstić information content (AvgIpc) is 2.74. The standard InChI is InChI=1S/C12H6F16O2/c13-3-7(19,20)10(24)4(14,9(22,23)12(27,28)30-10)1-5(15,16)8(21)2-6(17,18)11(25,26)29-8/h1-3H2. The van der Waals surface area contributed by atoms with Gasteiger partial charge >= 0.3 is 41.8 Å². The third-order valence-electron chi connectivity index (χ3n) is 4.46. The summed E-state index contributed by atoms with van der Waals surface area (Å²) in [5, 5.41) is 0. The predicted octanol–water partition coefficient (Wildman–Crippen LogP) is 5.56. The molecule has 2 rings (SSSR count). The van der Waals surface area contributed by atoms with Crippen molar-refractivity contribution in [1.29, 1.82) is 0 Å². The van der Waals surface area contributed by atoms with Crippen molar-refractivity contribution in [3.05, 3.63) is 0 Å². The molecule has 2 heterocycles. The molecule has 30 heavy (non-hydrogen) atoms. The van der Waals surface area contributed by atoms with E-state index in [1.54, 1.807) is 0 Å². The molecule has 0 aromatic carbocycles. The molecular weight excluding hydrogens is 480 g/mol. The molecule has 2 aliphatic rings. The fourth-order valence-corrected chi connectivity index (χ4v) is 2.77. The fourth-order valence-electron chi connectivity index (χ4n) is 2.77. The summed E-state index contributed by atoms with van der Waals surface area (Å²) in [4.78, 5) is 0. The van der Waals surface area contributed by atoms with Gasteiger partial charge in [-0.2, -0.15) is 43.9 Å². The highest BCUT2D eigenvalue weighted by molar-refractivity contribution is 5.20. The first-order valence-electron chi connectivity index (χ1n) is 7.19. The van der Waals surface area contributed by atoms with E-state index in [2.05, 4.69) is 9.47 Å². The van der Waals surface area contributed by atoms with Gasteiger partial charge in [-0.25, -0.2) is 26.3 Å². The van der Waals surface area contributed by atoms with Gasteiger partial charge in [-0.15, -0.1) is 0 Å². The van der Waals surface area contributed by atoms with E-state index in [4.69, 9.17) is 0 Å². The monoisotopic (exact) mass is 486 g/mol. The molecule has 0 N–H and O–H groups in total. The highest BCUT2D eigenvalue weighted by Gasteiger charge is 2.95. The summed E-state index contributed by atoms with van der Waals surface area (Å²) < 4.78 is 220. The SMILES string of the molecule is FCC(F)(F)C1(F)OC(F)(F)C(F)(F)C1(F)CC(F)(F)C1(F)CC(F)(F)C(F)(F)O1. The largest absolute Gasteiger partial charge is 0.425 e. The molecule has 3 atom stereocenters. The minimum atomic E-state index is -7.03. The number of alkyl halides is 16. The summed E-state index contributed by atoms with van der Waals surface area (Å²) in [6.45, 7) is -3.60. The van der Waals surface area contributed by atoms with E-state index in [1.807, 2.05) is 0 Å². The van der Waals surface area contributed by atoms with Crippen molar-refractivity contribution in [3.63, 3.8) is 0 Å². The summed E-state index contributed by atoms with van der Waals surface area (Å²) in [6.07, 6.45) is -20.4. The van der Waals surface area contributed by atoms with E-state index < -0.39 is 72.8 Å². The van der Waals surface area contributed by atoms with Crippen LogP contribution in [-0.4, -0.2) is 60.0 Å². The van der Waals surface area contributed by atoms with Crippen molar-refractivity contribution in [3.8, 4) is 0 Å². The van der Waals surface area contributed by atoms with Gasteiger partial charge in [0, 0.05) is 0 Å². The molecule has 0 amide bonds. The lowest BCUT2D eigenvalue weighted by Gasteiger charge is -2.40. The molecule has 0 spiro atoms. The van der Waals surface area contributed by atoms with Crippen LogP contribution in [0.4, 0.5) is 70.2 Å². The first-order valence-corrected chi connectivity index (χ1v) is 7.19. The molecule has 178 valence electrons. The zero-order valence-electron chi connectivity index (χ0n) is 13.5. The predicted molar refractivity (Wildman–Crippen MR) is 58.6 cm³/mol. The van der Waals surface area contributed by atoms with Gasteiger partial charge < -0.3 is 0 Å². The van der Waals surface area contributed by atoms with Gasteiger partial charge in [-0.3, -0.25) is 9.47 Å². The highest BCUT2D eigenvalue weighted by Crippen LogP contribution is 2.68. The molecule has 0 aromatic heterocycles. The third kappa shape index (κ3) is 2.80. The molecule has 2 fully saturated rings. The van der Waals surface area contributed by atoms with Gasteiger partial charge in [0.05, 0.1) is 12.8 Å². The zero-order valence-corrected chi connectivity index (χ0v) is 13.5. The number of hydrogen-bond donors (Lipinski definition) is 0. The van der Waals surface area contributed by atoms with Crippen LogP contribution in [0.1, 0.15) is 12.8 Å². The Balaban J connectivity index is 2.62. The van der Waals surface area contributed by atoms with E-state index >= 15 is 0 Å². The Bertz CT molecular complexity index is 690. The Morgan fingerprint density at radius 2 is 1.13 bits per heavy atom. The minimum absolute atomic E-state index is 2.24. The van der Waals surface area contributed by atoms with Crippen LogP contribution in [-0.2, 0) is 9.47 Å². The van der Waals surface area contributed by atoms with Crippen LogP contribution in [0.2, 0.25) is 0 Å². The molecule has 18 heteroatoms. The first-order chi connectivity index (χ1) is 12.9. The van der Waals surface area contributed by atoms with Crippen LogP contribution in [0, 0.1) is 0 Å². The second-order valence-electron chi connectivity index (χ2n) is 6.54. The summed E-state index contributed by atoms with van der Waals surface area (Å²) in [5.74, 6) is -38.2. The van der Waals surface area contributed by atoms with E-state index in [0.717, 1.165) is 0 Å². The smallest absolute Gasteiger partial charge is 0.272 e. The van der Waals surface area contributed by atoms with Crippen molar-refractivity contribution in [2.75, 3.05) is 6.67 Å². The summed E-state index contributed by atoms with van der Waals surface area (Å²) in [5.41, 5.74) is -6.74. The van der Waals surface area contributed by atoms with Gasteiger partial charge in [0.15, 0.2) is 6.67 Å². The molecule has 3 unspecified atom stereocenters. The fraction of sp³-hybridized carbons (Fsp3) is 1.00. The van der Waals surface area contributed by atoms with Crippen LogP contribution in [0.15, 0.2) is 0 Å². The van der Waals surface area contributed by atoms with Crippen LogP contribution >= 0.6 is 0 Å². The summed E-state index contributed by atoms with van der Waals surface area (Å²) >= 11 is 0. The summed E-state index contributed by atoms with van der Waals surface area (Å²) in [6, 6.07) is 0. The van der Waals surface area contributed by atoms with Gasteiger partial charge in [0.1, 0.15) is 0 Å². The van der Waals surface area contributed by atoms with Gasteiger partial charge in [-0.05, 0) is 0 Å². The molecule has 2 nitrogen and oxygen atoms in total. The third-order valence-corrected chi connectivity index (χ3v) is 4.46. The van der Waals surface area contributed by atoms with Crippen molar-refractivity contribution >= 4 is 0 Å². The van der Waals surface area contributed by atoms with E-state index in [9.17, 15) is 70.2 Å². The van der Waals surface area contributed by atoms with E-state index in [-0.39, 0.29) is 0 Å². The normalized spacial score (nSPS) is 40.0. The van der Waals surface area contributed by atoms with Crippen molar-refractivity contribution in [2.45, 2.75) is 66.1 Å². The maximum atomic E-state index is 14.6. The number of ether oxygens (including phenoxy) is 2. The molecule has 0 aromatic rings. The van der Waals surface area contributed by atoms with Crippen LogP contribution in [0.5, 0.6) is 0 Å². The summed E-state index contributed by atoms with van der Waals surface area (Å²) in [7, 11) is 0. The van der Waals surface area contributed by atoms with Crippen molar-refractivity contribution < 1.29 is 79.7 Å². The quantitative estimate of drug-likeness (QED) is 0.474. The number of hydrogen-bond acceptors (Lipinski definition) is 2. The number of halogens is 16. The molecule has 0 saturated carbocycles. The zero-order chi connectivity index (χ0) is 24.0. The molecular formula is C12H6F16O2. The lowest BCUT2D eigenvalue weighted by molar-refractivity contribution is -0.383. The highest BCUT2D eigenvalue weighted by atomic mass is 19.3. The number of rotatable bonds is 5. The maximum absolute atomic E-state index is 14.6. The molecule has 2 saturated heterocycles. The van der Waals surface area contributed by atoms with Gasteiger partial charge in [0.25, 0.3) is 11.5 Å². The molecule has 0 aliphatic carbocycles. The Morgan fingerprint density at radius 1 is 0.667 bits per heavy atom. The Hall–Kier alpha value is -1.20. The molecule has 0 bridgehead atoms. The Kier molecular flexibility index (Phi) is 4.99. The lowest BCUT2D eigenvalue weighted by Crippen LogP contribution is -2.66. The minimum Gasteiger partial charge on any atom is -0.272 e. The molecule has 2 aliphatic heterocycles. The first kappa shape index (κ1) is 25.1. The average molecular weight is 486 g/mol. The van der Waals surface area contributed by atoms with Crippen molar-refractivity contribution in [2.24, 2.45) is 0 Å². The van der Waals surface area contributed by atoms with Crippen LogP contribution in [0.25, 0.3) is 0 Å². The molecule has 0 radical (unpaired) electrons. The van der Waals surface area contributed by atoms with Gasteiger partial charge in [-0.1, -0.05) is 0 Å². The Labute approximate surface area is 154 Å². The van der Waals surface area contributed by atoms with Crippen molar-refractivity contribution in [1.82, 2.24) is 0 Å². The second-order valence-corrected chi connectivity index (χ2v) is 6.54. The van der Waals surface area contributed by atoms with Gasteiger partial charge in [0.2, 0.25) is 0 Å². The Morgan fingerprint density at radius 3 is 1.50 bits per heavy atom.